The van der Waals surface area contributed by atoms with Crippen LogP contribution in [0.2, 0.25) is 0 Å². The molecule has 1 N–H and O–H groups in total. The summed E-state index contributed by atoms with van der Waals surface area (Å²) >= 11 is 0. The van der Waals surface area contributed by atoms with Crippen LogP contribution in [0.25, 0.3) is 0 Å². The van der Waals surface area contributed by atoms with Crippen molar-refractivity contribution in [2.45, 2.75) is 45.4 Å². The third kappa shape index (κ3) is 1.86. The number of allylic oxidation sites excluding steroid dienone is 2. The number of fused-ring (bicyclic) bond motifs is 1. The fourth-order valence-corrected chi connectivity index (χ4v) is 3.74. The van der Waals surface area contributed by atoms with Crippen molar-refractivity contribution in [3.8, 4) is 0 Å². The first-order valence-electron chi connectivity index (χ1n) is 6.53. The van der Waals surface area contributed by atoms with E-state index in [0.29, 0.717) is 18.4 Å². The zero-order valence-corrected chi connectivity index (χ0v) is 10.5. The molecule has 0 saturated heterocycles. The highest BCUT2D eigenvalue weighted by atomic mass is 16.3. The van der Waals surface area contributed by atoms with Crippen molar-refractivity contribution in [2.75, 3.05) is 6.61 Å². The van der Waals surface area contributed by atoms with E-state index in [1.807, 2.05) is 0 Å². The Balaban J connectivity index is 2.19. The van der Waals surface area contributed by atoms with Gasteiger partial charge in [0.25, 0.3) is 0 Å². The van der Waals surface area contributed by atoms with Crippen LogP contribution in [0.3, 0.4) is 0 Å². The molecule has 0 aromatic carbocycles. The fraction of sp³-hybridized carbons (Fsp3) is 0.733. The van der Waals surface area contributed by atoms with Gasteiger partial charge in [0.15, 0.2) is 0 Å². The van der Waals surface area contributed by atoms with Crippen LogP contribution in [-0.2, 0) is 0 Å². The van der Waals surface area contributed by atoms with E-state index in [2.05, 4.69) is 20.1 Å². The molecule has 2 rings (SSSR count). The van der Waals surface area contributed by atoms with Gasteiger partial charge in [-0.05, 0) is 57.3 Å². The van der Waals surface area contributed by atoms with Gasteiger partial charge >= 0.3 is 0 Å². The summed E-state index contributed by atoms with van der Waals surface area (Å²) in [5.41, 5.74) is 2.86. The minimum Gasteiger partial charge on any atom is -0.396 e. The number of rotatable bonds is 2. The number of aliphatic hydroxyl groups excluding tert-OH is 1. The molecule has 0 amide bonds. The lowest BCUT2D eigenvalue weighted by Crippen LogP contribution is -2.43. The molecule has 0 radical (unpaired) electrons. The van der Waals surface area contributed by atoms with Gasteiger partial charge in [0.05, 0.1) is 0 Å². The Kier molecular flexibility index (Phi) is 3.25. The summed E-state index contributed by atoms with van der Waals surface area (Å²) in [4.78, 5) is 0. The average molecular weight is 220 g/mol. The van der Waals surface area contributed by atoms with Crippen LogP contribution in [0, 0.1) is 17.3 Å². The van der Waals surface area contributed by atoms with Gasteiger partial charge in [-0.15, -0.1) is 0 Å². The van der Waals surface area contributed by atoms with Gasteiger partial charge in [0.1, 0.15) is 0 Å². The Hall–Kier alpha value is -0.560. The van der Waals surface area contributed by atoms with Crippen LogP contribution in [0.1, 0.15) is 45.4 Å². The Morgan fingerprint density at radius 3 is 2.88 bits per heavy atom. The highest BCUT2D eigenvalue weighted by molar-refractivity contribution is 5.16. The van der Waals surface area contributed by atoms with E-state index in [4.69, 9.17) is 0 Å². The Bertz CT molecular complexity index is 305. The van der Waals surface area contributed by atoms with Crippen molar-refractivity contribution in [2.24, 2.45) is 17.3 Å². The summed E-state index contributed by atoms with van der Waals surface area (Å²) in [6.45, 7) is 10.8. The largest absolute Gasteiger partial charge is 0.396 e. The van der Waals surface area contributed by atoms with E-state index in [1.165, 1.54) is 36.8 Å². The zero-order chi connectivity index (χ0) is 11.8. The van der Waals surface area contributed by atoms with Crippen molar-refractivity contribution in [1.82, 2.24) is 0 Å². The molecule has 0 aliphatic heterocycles. The third-order valence-corrected chi connectivity index (χ3v) is 4.93. The first kappa shape index (κ1) is 11.9. The summed E-state index contributed by atoms with van der Waals surface area (Å²) in [5, 5.41) is 9.76. The van der Waals surface area contributed by atoms with Gasteiger partial charge < -0.3 is 5.11 Å². The van der Waals surface area contributed by atoms with Crippen LogP contribution >= 0.6 is 0 Å². The molecule has 2 saturated carbocycles. The molecular weight excluding hydrogens is 196 g/mol. The van der Waals surface area contributed by atoms with Crippen LogP contribution in [0.4, 0.5) is 0 Å². The number of hydrogen-bond donors (Lipinski definition) is 1. The zero-order valence-electron chi connectivity index (χ0n) is 10.5. The number of hydrogen-bond acceptors (Lipinski definition) is 1. The molecule has 1 nitrogen and oxygen atoms in total. The molecular formula is C15H24O. The quantitative estimate of drug-likeness (QED) is 0.704. The molecule has 0 spiro atoms. The maximum Gasteiger partial charge on any atom is 0.0493 e. The second-order valence-corrected chi connectivity index (χ2v) is 5.90. The molecule has 16 heavy (non-hydrogen) atoms. The summed E-state index contributed by atoms with van der Waals surface area (Å²) in [7, 11) is 0. The molecule has 3 atom stereocenters. The first-order chi connectivity index (χ1) is 7.59. The molecule has 0 unspecified atom stereocenters. The standard InChI is InChI=1S/C15H24O/c1-11(2)13-6-8-15(10-16)7-4-5-12(3)14(15)9-13/h13-14,16H,1,3-10H2,2H3/t13-,14+,15-/m1/s1. The lowest BCUT2D eigenvalue weighted by molar-refractivity contribution is 0.00427. The topological polar surface area (TPSA) is 20.2 Å². The third-order valence-electron chi connectivity index (χ3n) is 4.93. The van der Waals surface area contributed by atoms with Gasteiger partial charge in [-0.2, -0.15) is 0 Å². The molecule has 1 heteroatoms. The Labute approximate surface area is 99.3 Å². The van der Waals surface area contributed by atoms with Gasteiger partial charge in [-0.3, -0.25) is 0 Å². The highest BCUT2D eigenvalue weighted by Crippen LogP contribution is 2.54. The fourth-order valence-electron chi connectivity index (χ4n) is 3.74. The van der Waals surface area contributed by atoms with Crippen molar-refractivity contribution < 1.29 is 5.11 Å². The second-order valence-electron chi connectivity index (χ2n) is 5.90. The molecule has 0 aromatic rings. The number of aliphatic hydroxyl groups is 1. The summed E-state index contributed by atoms with van der Waals surface area (Å²) in [6, 6.07) is 0. The average Bonchev–Trinajstić information content (AvgIpc) is 2.29. The predicted octanol–water partition coefficient (Wildman–Crippen LogP) is 3.70. The van der Waals surface area contributed by atoms with E-state index in [1.54, 1.807) is 0 Å². The molecule has 2 fully saturated rings. The minimum atomic E-state index is 0.168. The Morgan fingerprint density at radius 2 is 2.25 bits per heavy atom. The van der Waals surface area contributed by atoms with Gasteiger partial charge in [-0.25, -0.2) is 0 Å². The van der Waals surface area contributed by atoms with E-state index in [0.717, 1.165) is 12.8 Å². The van der Waals surface area contributed by atoms with Crippen molar-refractivity contribution in [3.63, 3.8) is 0 Å². The van der Waals surface area contributed by atoms with E-state index < -0.39 is 0 Å². The monoisotopic (exact) mass is 220 g/mol. The van der Waals surface area contributed by atoms with Crippen molar-refractivity contribution in [3.05, 3.63) is 24.3 Å². The van der Waals surface area contributed by atoms with Gasteiger partial charge in [-0.1, -0.05) is 24.3 Å². The molecule has 0 aromatic heterocycles. The highest BCUT2D eigenvalue weighted by Gasteiger charge is 2.45. The minimum absolute atomic E-state index is 0.168. The lowest BCUT2D eigenvalue weighted by atomic mass is 9.56. The maximum absolute atomic E-state index is 9.76. The maximum atomic E-state index is 9.76. The van der Waals surface area contributed by atoms with Crippen molar-refractivity contribution in [1.29, 1.82) is 0 Å². The lowest BCUT2D eigenvalue weighted by Gasteiger charge is -2.50. The van der Waals surface area contributed by atoms with Crippen LogP contribution < -0.4 is 0 Å². The predicted molar refractivity (Wildman–Crippen MR) is 68.2 cm³/mol. The second kappa shape index (κ2) is 4.37. The summed E-state index contributed by atoms with van der Waals surface area (Å²) in [6.07, 6.45) is 7.11. The normalized spacial score (nSPS) is 39.2. The first-order valence-corrected chi connectivity index (χ1v) is 6.53. The molecule has 0 heterocycles. The molecule has 2 aliphatic rings. The van der Waals surface area contributed by atoms with Gasteiger partial charge in [0, 0.05) is 12.0 Å². The molecule has 90 valence electrons. The van der Waals surface area contributed by atoms with Gasteiger partial charge in [0.2, 0.25) is 0 Å². The molecule has 0 bridgehead atoms. The SMILES string of the molecule is C=C(C)[C@@H]1CC[C@@]2(CO)CCCC(=C)[C@@H]2C1. The van der Waals surface area contributed by atoms with E-state index in [9.17, 15) is 5.11 Å². The summed E-state index contributed by atoms with van der Waals surface area (Å²) in [5.74, 6) is 1.20. The van der Waals surface area contributed by atoms with Crippen molar-refractivity contribution >= 4 is 0 Å². The van der Waals surface area contributed by atoms with E-state index >= 15 is 0 Å². The summed E-state index contributed by atoms with van der Waals surface area (Å²) < 4.78 is 0. The van der Waals surface area contributed by atoms with Crippen LogP contribution in [0.5, 0.6) is 0 Å². The van der Waals surface area contributed by atoms with Crippen LogP contribution in [0.15, 0.2) is 24.3 Å². The smallest absolute Gasteiger partial charge is 0.0493 e. The Morgan fingerprint density at radius 1 is 1.50 bits per heavy atom. The van der Waals surface area contributed by atoms with Crippen LogP contribution in [-0.4, -0.2) is 11.7 Å². The molecule has 2 aliphatic carbocycles. The van der Waals surface area contributed by atoms with E-state index in [-0.39, 0.29) is 5.41 Å².